The molecule has 132 valence electrons. The first-order valence-electron chi connectivity index (χ1n) is 9.57. The van der Waals surface area contributed by atoms with Gasteiger partial charge in [-0.15, -0.1) is 0 Å². The average molecular weight is 315 g/mol. The highest BCUT2D eigenvalue weighted by Gasteiger charge is 2.46. The van der Waals surface area contributed by atoms with E-state index < -0.39 is 5.79 Å². The van der Waals surface area contributed by atoms with E-state index in [1.165, 1.54) is 0 Å². The molecule has 0 aromatic carbocycles. The smallest absolute Gasteiger partial charge is 0.173 e. The summed E-state index contributed by atoms with van der Waals surface area (Å²) in [5, 5.41) is 0. The highest BCUT2D eigenvalue weighted by molar-refractivity contribution is 4.92. The highest BCUT2D eigenvalue weighted by Crippen LogP contribution is 2.41. The maximum absolute atomic E-state index is 6.30. The van der Waals surface area contributed by atoms with Gasteiger partial charge in [-0.2, -0.15) is 0 Å². The van der Waals surface area contributed by atoms with E-state index in [-0.39, 0.29) is 5.60 Å². The van der Waals surface area contributed by atoms with Crippen LogP contribution in [-0.4, -0.2) is 31.2 Å². The molecule has 0 bridgehead atoms. The Labute approximate surface area is 138 Å². The van der Waals surface area contributed by atoms with Crippen molar-refractivity contribution >= 4 is 0 Å². The molecule has 22 heavy (non-hydrogen) atoms. The molecule has 0 unspecified atom stereocenters. The molecular weight excluding hydrogens is 276 g/mol. The van der Waals surface area contributed by atoms with Crippen LogP contribution in [0.2, 0.25) is 0 Å². The van der Waals surface area contributed by atoms with Crippen molar-refractivity contribution in [3.8, 4) is 0 Å². The van der Waals surface area contributed by atoms with Crippen LogP contribution in [0, 0.1) is 0 Å². The third-order valence-electron chi connectivity index (χ3n) is 4.62. The van der Waals surface area contributed by atoms with E-state index in [4.69, 9.17) is 14.2 Å². The molecule has 0 spiro atoms. The molecule has 0 saturated carbocycles. The Morgan fingerprint density at radius 2 is 1.36 bits per heavy atom. The van der Waals surface area contributed by atoms with Crippen molar-refractivity contribution in [2.45, 2.75) is 103 Å². The average Bonchev–Trinajstić information content (AvgIpc) is 2.49. The van der Waals surface area contributed by atoms with Gasteiger partial charge in [0.25, 0.3) is 0 Å². The van der Waals surface area contributed by atoms with Gasteiger partial charge in [0.05, 0.1) is 25.4 Å². The molecule has 3 nitrogen and oxygen atoms in total. The normalized spacial score (nSPS) is 20.2. The Balaban J connectivity index is 2.77. The van der Waals surface area contributed by atoms with Crippen molar-refractivity contribution < 1.29 is 14.2 Å². The molecule has 0 N–H and O–H groups in total. The number of hydrogen-bond donors (Lipinski definition) is 0. The van der Waals surface area contributed by atoms with E-state index in [1.807, 2.05) is 0 Å². The molecule has 1 rings (SSSR count). The Morgan fingerprint density at radius 3 is 1.82 bits per heavy atom. The lowest BCUT2D eigenvalue weighted by Gasteiger charge is -2.47. The largest absolute Gasteiger partial charge is 0.375 e. The minimum Gasteiger partial charge on any atom is -0.375 e. The fourth-order valence-electron chi connectivity index (χ4n) is 3.50. The third kappa shape index (κ3) is 6.17. The van der Waals surface area contributed by atoms with E-state index in [0.717, 1.165) is 84.0 Å². The summed E-state index contributed by atoms with van der Waals surface area (Å²) in [6.45, 7) is 11.3. The van der Waals surface area contributed by atoms with E-state index in [1.54, 1.807) is 0 Å². The molecule has 0 aliphatic carbocycles. The van der Waals surface area contributed by atoms with Crippen molar-refractivity contribution in [3.05, 3.63) is 0 Å². The zero-order valence-corrected chi connectivity index (χ0v) is 15.4. The zero-order chi connectivity index (χ0) is 16.3. The van der Waals surface area contributed by atoms with Crippen molar-refractivity contribution in [3.63, 3.8) is 0 Å². The van der Waals surface area contributed by atoms with Crippen LogP contribution in [0.15, 0.2) is 0 Å². The minimum atomic E-state index is -0.410. The first-order valence-corrected chi connectivity index (χ1v) is 9.57. The molecule has 1 saturated heterocycles. The second-order valence-electron chi connectivity index (χ2n) is 6.77. The van der Waals surface area contributed by atoms with Gasteiger partial charge in [-0.25, -0.2) is 0 Å². The number of rotatable bonds is 12. The van der Waals surface area contributed by atoms with Gasteiger partial charge in [-0.3, -0.25) is 0 Å². The summed E-state index contributed by atoms with van der Waals surface area (Å²) in [4.78, 5) is 0. The third-order valence-corrected chi connectivity index (χ3v) is 4.62. The van der Waals surface area contributed by atoms with Gasteiger partial charge in [0.2, 0.25) is 0 Å². The summed E-state index contributed by atoms with van der Waals surface area (Å²) in [5.74, 6) is -0.410. The molecule has 1 fully saturated rings. The number of ether oxygens (including phenoxy) is 3. The predicted octanol–water partition coefficient (Wildman–Crippen LogP) is 5.47. The highest BCUT2D eigenvalue weighted by atomic mass is 16.7. The molecule has 0 radical (unpaired) electrons. The Kier molecular flexibility index (Phi) is 9.62. The van der Waals surface area contributed by atoms with E-state index in [9.17, 15) is 0 Å². The lowest BCUT2D eigenvalue weighted by Crippen LogP contribution is -2.52. The molecule has 1 aliphatic heterocycles. The maximum atomic E-state index is 6.30. The summed E-state index contributed by atoms with van der Waals surface area (Å²) in [5.41, 5.74) is -0.0415. The monoisotopic (exact) mass is 314 g/mol. The van der Waals surface area contributed by atoms with Crippen molar-refractivity contribution in [2.24, 2.45) is 0 Å². The topological polar surface area (TPSA) is 27.7 Å². The summed E-state index contributed by atoms with van der Waals surface area (Å²) >= 11 is 0. The first-order chi connectivity index (χ1) is 10.7. The van der Waals surface area contributed by atoms with Crippen LogP contribution < -0.4 is 0 Å². The SMILES string of the molecule is CCCCOC1(OCCCC)CCOC(CCC)(CCC)C1. The fraction of sp³-hybridized carbons (Fsp3) is 1.00. The fourth-order valence-corrected chi connectivity index (χ4v) is 3.50. The predicted molar refractivity (Wildman–Crippen MR) is 92.2 cm³/mol. The van der Waals surface area contributed by atoms with Crippen LogP contribution in [0.3, 0.4) is 0 Å². The Hall–Kier alpha value is -0.120. The summed E-state index contributed by atoms with van der Waals surface area (Å²) in [7, 11) is 0. The second kappa shape index (κ2) is 10.6. The standard InChI is InChI=1S/C19H38O3/c1-5-9-14-21-19(22-15-10-6-2)13-16-20-18(17-19,11-7-3)12-8-4/h5-17H2,1-4H3. The summed E-state index contributed by atoms with van der Waals surface area (Å²) in [6, 6.07) is 0. The van der Waals surface area contributed by atoms with Crippen LogP contribution in [0.5, 0.6) is 0 Å². The second-order valence-corrected chi connectivity index (χ2v) is 6.77. The molecular formula is C19H38O3. The summed E-state index contributed by atoms with van der Waals surface area (Å²) in [6.07, 6.45) is 10.8. The minimum absolute atomic E-state index is 0.0415. The van der Waals surface area contributed by atoms with Crippen LogP contribution in [0.4, 0.5) is 0 Å². The number of hydrogen-bond acceptors (Lipinski definition) is 3. The molecule has 0 atom stereocenters. The van der Waals surface area contributed by atoms with Crippen molar-refractivity contribution in [1.82, 2.24) is 0 Å². The quantitative estimate of drug-likeness (QED) is 0.353. The Bertz CT molecular complexity index is 256. The van der Waals surface area contributed by atoms with Gasteiger partial charge in [0.1, 0.15) is 0 Å². The molecule has 0 aromatic heterocycles. The van der Waals surface area contributed by atoms with Gasteiger partial charge < -0.3 is 14.2 Å². The van der Waals surface area contributed by atoms with E-state index in [2.05, 4.69) is 27.7 Å². The van der Waals surface area contributed by atoms with Crippen LogP contribution in [-0.2, 0) is 14.2 Å². The lowest BCUT2D eigenvalue weighted by atomic mass is 9.82. The van der Waals surface area contributed by atoms with Gasteiger partial charge >= 0.3 is 0 Å². The molecule has 3 heteroatoms. The first kappa shape index (κ1) is 19.9. The maximum Gasteiger partial charge on any atom is 0.173 e. The van der Waals surface area contributed by atoms with E-state index >= 15 is 0 Å². The zero-order valence-electron chi connectivity index (χ0n) is 15.4. The van der Waals surface area contributed by atoms with Crippen molar-refractivity contribution in [2.75, 3.05) is 19.8 Å². The van der Waals surface area contributed by atoms with Crippen molar-refractivity contribution in [1.29, 1.82) is 0 Å². The van der Waals surface area contributed by atoms with Gasteiger partial charge in [0.15, 0.2) is 5.79 Å². The molecule has 1 heterocycles. The lowest BCUT2D eigenvalue weighted by molar-refractivity contribution is -0.301. The van der Waals surface area contributed by atoms with Gasteiger partial charge in [-0.1, -0.05) is 53.4 Å². The molecule has 1 aliphatic rings. The summed E-state index contributed by atoms with van der Waals surface area (Å²) < 4.78 is 18.9. The number of unbranched alkanes of at least 4 members (excludes halogenated alkanes) is 2. The van der Waals surface area contributed by atoms with E-state index in [0.29, 0.717) is 0 Å². The van der Waals surface area contributed by atoms with Crippen LogP contribution in [0.1, 0.15) is 91.9 Å². The molecule has 0 amide bonds. The van der Waals surface area contributed by atoms with Gasteiger partial charge in [0, 0.05) is 12.8 Å². The van der Waals surface area contributed by atoms with Gasteiger partial charge in [-0.05, 0) is 25.7 Å². The van der Waals surface area contributed by atoms with Crippen LogP contribution in [0.25, 0.3) is 0 Å². The Morgan fingerprint density at radius 1 is 0.818 bits per heavy atom. The molecule has 0 aromatic rings. The van der Waals surface area contributed by atoms with Crippen LogP contribution >= 0.6 is 0 Å².